The Balaban J connectivity index is 2.11. The molecule has 1 aromatic rings. The second-order valence-electron chi connectivity index (χ2n) is 4.32. The van der Waals surface area contributed by atoms with Crippen LogP contribution >= 0.6 is 0 Å². The highest BCUT2D eigenvalue weighted by Crippen LogP contribution is 2.24. The lowest BCUT2D eigenvalue weighted by Crippen LogP contribution is -2.35. The maximum Gasteiger partial charge on any atom is 0.255 e. The number of nitrogens with one attached hydrogen (secondary N) is 1. The first-order chi connectivity index (χ1) is 8.39. The molecule has 0 saturated carbocycles. The number of rotatable bonds is 2. The number of nitrogen functional groups attached to an aromatic ring is 1. The molecule has 6 nitrogen and oxygen atoms in total. The van der Waals surface area contributed by atoms with Gasteiger partial charge in [0.25, 0.3) is 5.91 Å². The first-order valence-electron chi connectivity index (χ1n) is 5.48. The number of phenols is 1. The number of carbonyl (C=O) groups is 1. The fourth-order valence-corrected chi connectivity index (χ4v) is 3.59. The minimum Gasteiger partial charge on any atom is -0.505 e. The molecule has 0 radical (unpaired) electrons. The van der Waals surface area contributed by atoms with Crippen molar-refractivity contribution in [1.29, 1.82) is 0 Å². The highest BCUT2D eigenvalue weighted by atomic mass is 32.2. The number of amides is 1. The number of aromatic hydroxyl groups is 1. The number of benzene rings is 1. The largest absolute Gasteiger partial charge is 0.505 e. The van der Waals surface area contributed by atoms with Crippen molar-refractivity contribution in [3.05, 3.63) is 23.8 Å². The average molecular weight is 270 g/mol. The van der Waals surface area contributed by atoms with Crippen molar-refractivity contribution >= 4 is 21.4 Å². The van der Waals surface area contributed by atoms with E-state index in [9.17, 15) is 18.3 Å². The summed E-state index contributed by atoms with van der Waals surface area (Å²) in [6.45, 7) is 0. The summed E-state index contributed by atoms with van der Waals surface area (Å²) in [4.78, 5) is 11.9. The topological polar surface area (TPSA) is 109 Å². The fourth-order valence-electron chi connectivity index (χ4n) is 1.92. The number of anilines is 1. The summed E-state index contributed by atoms with van der Waals surface area (Å²) in [5.41, 5.74) is 5.65. The normalized spacial score (nSPS) is 21.7. The molecule has 1 saturated heterocycles. The highest BCUT2D eigenvalue weighted by molar-refractivity contribution is 7.91. The van der Waals surface area contributed by atoms with Crippen molar-refractivity contribution in [2.45, 2.75) is 12.5 Å². The predicted molar refractivity (Wildman–Crippen MR) is 67.0 cm³/mol. The molecule has 1 amide bonds. The van der Waals surface area contributed by atoms with Crippen LogP contribution in [0.25, 0.3) is 0 Å². The number of nitrogens with two attached hydrogens (primary N) is 1. The summed E-state index contributed by atoms with van der Waals surface area (Å²) in [5.74, 6) is -0.763. The summed E-state index contributed by atoms with van der Waals surface area (Å²) in [6.07, 6.45) is 0.400. The van der Waals surface area contributed by atoms with E-state index in [0.29, 0.717) is 6.42 Å². The Morgan fingerprint density at radius 1 is 1.44 bits per heavy atom. The Morgan fingerprint density at radius 3 is 2.78 bits per heavy atom. The van der Waals surface area contributed by atoms with Gasteiger partial charge in [-0.3, -0.25) is 4.79 Å². The standard InChI is InChI=1S/C11H14N2O4S/c12-9-3-1-2-8(10(9)14)11(15)13-7-4-5-18(16,17)6-7/h1-3,7,14H,4-6,12H2,(H,13,15). The minimum absolute atomic E-state index is 0.0538. The molecule has 1 aliphatic rings. The lowest BCUT2D eigenvalue weighted by atomic mass is 10.1. The zero-order chi connectivity index (χ0) is 13.3. The molecule has 0 aliphatic carbocycles. The number of sulfone groups is 1. The zero-order valence-electron chi connectivity index (χ0n) is 9.59. The van der Waals surface area contributed by atoms with Gasteiger partial charge in [-0.15, -0.1) is 0 Å². The Kier molecular flexibility index (Phi) is 3.16. The molecule has 7 heteroatoms. The van der Waals surface area contributed by atoms with E-state index in [1.54, 1.807) is 6.07 Å². The molecule has 1 fully saturated rings. The van der Waals surface area contributed by atoms with Crippen LogP contribution < -0.4 is 11.1 Å². The van der Waals surface area contributed by atoms with E-state index in [4.69, 9.17) is 5.73 Å². The van der Waals surface area contributed by atoms with Crippen molar-refractivity contribution in [3.63, 3.8) is 0 Å². The Bertz CT molecular complexity index is 583. The maximum atomic E-state index is 11.9. The smallest absolute Gasteiger partial charge is 0.255 e. The Morgan fingerprint density at radius 2 is 2.17 bits per heavy atom. The van der Waals surface area contributed by atoms with Crippen LogP contribution in [0.2, 0.25) is 0 Å². The number of phenolic OH excluding ortho intramolecular Hbond substituents is 1. The van der Waals surface area contributed by atoms with Crippen LogP contribution in [0.15, 0.2) is 18.2 Å². The molecule has 1 aliphatic heterocycles. The SMILES string of the molecule is Nc1cccc(C(=O)NC2CCS(=O)(=O)C2)c1O. The molecule has 0 aromatic heterocycles. The van der Waals surface area contributed by atoms with Crippen LogP contribution in [0, 0.1) is 0 Å². The van der Waals surface area contributed by atoms with Crippen molar-refractivity contribution in [1.82, 2.24) is 5.32 Å². The van der Waals surface area contributed by atoms with Crippen LogP contribution in [-0.2, 0) is 9.84 Å². The van der Waals surface area contributed by atoms with Crippen LogP contribution in [0.3, 0.4) is 0 Å². The molecule has 0 spiro atoms. The molecular weight excluding hydrogens is 256 g/mol. The van der Waals surface area contributed by atoms with Gasteiger partial charge in [0.2, 0.25) is 0 Å². The number of carbonyl (C=O) groups excluding carboxylic acids is 1. The quantitative estimate of drug-likeness (QED) is 0.513. The van der Waals surface area contributed by atoms with Gasteiger partial charge in [0.1, 0.15) is 0 Å². The van der Waals surface area contributed by atoms with Gasteiger partial charge in [-0.1, -0.05) is 6.07 Å². The fraction of sp³-hybridized carbons (Fsp3) is 0.364. The molecule has 18 heavy (non-hydrogen) atoms. The number of para-hydroxylation sites is 1. The summed E-state index contributed by atoms with van der Waals surface area (Å²) < 4.78 is 22.5. The summed E-state index contributed by atoms with van der Waals surface area (Å²) >= 11 is 0. The highest BCUT2D eigenvalue weighted by Gasteiger charge is 2.29. The van der Waals surface area contributed by atoms with Gasteiger partial charge in [0.05, 0.1) is 22.8 Å². The van der Waals surface area contributed by atoms with Crippen molar-refractivity contribution in [2.75, 3.05) is 17.2 Å². The molecule has 1 aromatic carbocycles. The van der Waals surface area contributed by atoms with E-state index in [1.165, 1.54) is 12.1 Å². The zero-order valence-corrected chi connectivity index (χ0v) is 10.4. The monoisotopic (exact) mass is 270 g/mol. The van der Waals surface area contributed by atoms with E-state index in [1.807, 2.05) is 0 Å². The van der Waals surface area contributed by atoms with Crippen molar-refractivity contribution < 1.29 is 18.3 Å². The Labute approximate surface area is 105 Å². The van der Waals surface area contributed by atoms with Gasteiger partial charge in [0.15, 0.2) is 15.6 Å². The number of hydrogen-bond donors (Lipinski definition) is 3. The molecule has 1 atom stereocenters. The molecular formula is C11H14N2O4S. The summed E-state index contributed by atoms with van der Waals surface area (Å²) in [6, 6.07) is 4.06. The van der Waals surface area contributed by atoms with Crippen molar-refractivity contribution in [2.24, 2.45) is 0 Å². The second-order valence-corrected chi connectivity index (χ2v) is 6.55. The lowest BCUT2D eigenvalue weighted by Gasteiger charge is -2.12. The van der Waals surface area contributed by atoms with E-state index in [-0.39, 0.29) is 28.5 Å². The van der Waals surface area contributed by atoms with Gasteiger partial charge >= 0.3 is 0 Å². The molecule has 1 unspecified atom stereocenters. The van der Waals surface area contributed by atoms with Crippen molar-refractivity contribution in [3.8, 4) is 5.75 Å². The first kappa shape index (κ1) is 12.7. The van der Waals surface area contributed by atoms with Gasteiger partial charge in [-0.25, -0.2) is 8.42 Å². The van der Waals surface area contributed by atoms with Gasteiger partial charge < -0.3 is 16.2 Å². The molecule has 2 rings (SSSR count). The summed E-state index contributed by atoms with van der Waals surface area (Å²) in [5, 5.41) is 12.2. The molecule has 1 heterocycles. The van der Waals surface area contributed by atoms with E-state index < -0.39 is 21.8 Å². The van der Waals surface area contributed by atoms with E-state index in [2.05, 4.69) is 5.32 Å². The van der Waals surface area contributed by atoms with Crippen LogP contribution in [0.4, 0.5) is 5.69 Å². The molecule has 98 valence electrons. The van der Waals surface area contributed by atoms with Gasteiger partial charge in [0, 0.05) is 6.04 Å². The van der Waals surface area contributed by atoms with Gasteiger partial charge in [-0.05, 0) is 18.6 Å². The third-order valence-electron chi connectivity index (χ3n) is 2.88. The predicted octanol–water partition coefficient (Wildman–Crippen LogP) is -0.109. The second kappa shape index (κ2) is 4.49. The summed E-state index contributed by atoms with van der Waals surface area (Å²) in [7, 11) is -3.04. The minimum atomic E-state index is -3.04. The number of hydrogen-bond acceptors (Lipinski definition) is 5. The van der Waals surface area contributed by atoms with Crippen LogP contribution in [0.1, 0.15) is 16.8 Å². The van der Waals surface area contributed by atoms with Crippen LogP contribution in [0.5, 0.6) is 5.75 Å². The van der Waals surface area contributed by atoms with E-state index >= 15 is 0 Å². The third-order valence-corrected chi connectivity index (χ3v) is 4.65. The molecule has 4 N–H and O–H groups in total. The maximum absolute atomic E-state index is 11.9. The first-order valence-corrected chi connectivity index (χ1v) is 7.30. The average Bonchev–Trinajstić information content (AvgIpc) is 2.62. The van der Waals surface area contributed by atoms with Gasteiger partial charge in [-0.2, -0.15) is 0 Å². The third kappa shape index (κ3) is 2.56. The van der Waals surface area contributed by atoms with E-state index in [0.717, 1.165) is 0 Å². The lowest BCUT2D eigenvalue weighted by molar-refractivity contribution is 0.0938. The molecule has 0 bridgehead atoms. The Hall–Kier alpha value is -1.76. The van der Waals surface area contributed by atoms with Crippen LogP contribution in [-0.4, -0.2) is 37.0 Å².